The predicted octanol–water partition coefficient (Wildman–Crippen LogP) is 2.80. The van der Waals surface area contributed by atoms with Gasteiger partial charge >= 0.3 is 6.18 Å². The molecule has 0 aromatic heterocycles. The van der Waals surface area contributed by atoms with Crippen molar-refractivity contribution in [3.05, 3.63) is 35.4 Å². The average Bonchev–Trinajstić information content (AvgIpc) is 2.39. The molecular weight excluding hydrogens is 259 g/mol. The van der Waals surface area contributed by atoms with Crippen molar-refractivity contribution in [1.29, 1.82) is 0 Å². The summed E-state index contributed by atoms with van der Waals surface area (Å²) in [7, 11) is 0. The molecule has 1 amide bonds. The van der Waals surface area contributed by atoms with Crippen molar-refractivity contribution in [2.45, 2.75) is 25.4 Å². The van der Waals surface area contributed by atoms with Crippen molar-refractivity contribution in [3.63, 3.8) is 0 Å². The smallest absolute Gasteiger partial charge is 0.272 e. The molecule has 1 saturated heterocycles. The van der Waals surface area contributed by atoms with E-state index < -0.39 is 11.7 Å². The summed E-state index contributed by atoms with van der Waals surface area (Å²) in [5.41, 5.74) is -0.162. The van der Waals surface area contributed by atoms with Crippen molar-refractivity contribution in [3.8, 4) is 0 Å². The highest BCUT2D eigenvalue weighted by atomic mass is 19.4. The molecular formula is C13H14F3NO2. The van der Waals surface area contributed by atoms with Crippen LogP contribution in [0.15, 0.2) is 24.3 Å². The molecule has 1 fully saturated rings. The monoisotopic (exact) mass is 273 g/mol. The zero-order valence-electron chi connectivity index (χ0n) is 10.2. The van der Waals surface area contributed by atoms with E-state index in [0.29, 0.717) is 18.7 Å². The first-order valence-electron chi connectivity index (χ1n) is 6.06. The van der Waals surface area contributed by atoms with Crippen LogP contribution < -0.4 is 0 Å². The molecule has 0 N–H and O–H groups in total. The third-order valence-electron chi connectivity index (χ3n) is 2.92. The second-order valence-corrected chi connectivity index (χ2v) is 4.41. The molecule has 3 nitrogen and oxygen atoms in total. The SMILES string of the molecule is O=C(Cc1ccc(C(F)(F)F)cc1)N1CCCCO1. The third-order valence-corrected chi connectivity index (χ3v) is 2.92. The van der Waals surface area contributed by atoms with Crippen LogP contribution in [-0.4, -0.2) is 24.1 Å². The molecule has 0 unspecified atom stereocenters. The van der Waals surface area contributed by atoms with E-state index in [1.54, 1.807) is 0 Å². The van der Waals surface area contributed by atoms with Crippen LogP contribution in [0.4, 0.5) is 13.2 Å². The summed E-state index contributed by atoms with van der Waals surface area (Å²) in [4.78, 5) is 17.0. The van der Waals surface area contributed by atoms with Gasteiger partial charge in [0.2, 0.25) is 0 Å². The molecule has 6 heteroatoms. The Balaban J connectivity index is 1.97. The number of carbonyl (C=O) groups excluding carboxylic acids is 1. The van der Waals surface area contributed by atoms with Crippen molar-refractivity contribution in [2.24, 2.45) is 0 Å². The fourth-order valence-electron chi connectivity index (χ4n) is 1.87. The van der Waals surface area contributed by atoms with Gasteiger partial charge in [-0.05, 0) is 30.5 Å². The molecule has 0 saturated carbocycles. The first-order valence-corrected chi connectivity index (χ1v) is 6.06. The topological polar surface area (TPSA) is 29.5 Å². The normalized spacial score (nSPS) is 16.5. The Morgan fingerprint density at radius 3 is 2.42 bits per heavy atom. The van der Waals surface area contributed by atoms with Gasteiger partial charge in [0.1, 0.15) is 0 Å². The van der Waals surface area contributed by atoms with Gasteiger partial charge in [-0.3, -0.25) is 9.63 Å². The molecule has 1 aromatic carbocycles. The summed E-state index contributed by atoms with van der Waals surface area (Å²) in [6.07, 6.45) is -2.49. The molecule has 19 heavy (non-hydrogen) atoms. The standard InChI is InChI=1S/C13H14F3NO2/c14-13(15,16)11-5-3-10(4-6-11)9-12(18)17-7-1-2-8-19-17/h3-6H,1-2,7-9H2. The highest BCUT2D eigenvalue weighted by Gasteiger charge is 2.30. The Morgan fingerprint density at radius 1 is 1.21 bits per heavy atom. The average molecular weight is 273 g/mol. The zero-order chi connectivity index (χ0) is 13.9. The number of carbonyl (C=O) groups is 1. The third kappa shape index (κ3) is 3.70. The molecule has 1 aromatic rings. The van der Waals surface area contributed by atoms with E-state index in [1.165, 1.54) is 17.2 Å². The molecule has 0 spiro atoms. The highest BCUT2D eigenvalue weighted by molar-refractivity contribution is 5.77. The molecule has 0 radical (unpaired) electrons. The Hall–Kier alpha value is -1.56. The molecule has 1 aliphatic heterocycles. The number of hydrogen-bond donors (Lipinski definition) is 0. The number of rotatable bonds is 2. The number of halogens is 3. The predicted molar refractivity (Wildman–Crippen MR) is 62.0 cm³/mol. The fourth-order valence-corrected chi connectivity index (χ4v) is 1.87. The van der Waals surface area contributed by atoms with Gasteiger partial charge in [0.05, 0.1) is 18.6 Å². The van der Waals surface area contributed by atoms with Gasteiger partial charge in [-0.25, -0.2) is 5.06 Å². The number of nitrogens with zero attached hydrogens (tertiary/aromatic N) is 1. The minimum Gasteiger partial charge on any atom is -0.272 e. The van der Waals surface area contributed by atoms with Gasteiger partial charge < -0.3 is 0 Å². The van der Waals surface area contributed by atoms with Crippen molar-refractivity contribution < 1.29 is 22.8 Å². The van der Waals surface area contributed by atoms with E-state index >= 15 is 0 Å². The molecule has 0 aliphatic carbocycles. The lowest BCUT2D eigenvalue weighted by molar-refractivity contribution is -0.196. The molecule has 1 aliphatic rings. The Morgan fingerprint density at radius 2 is 1.89 bits per heavy atom. The largest absolute Gasteiger partial charge is 0.416 e. The summed E-state index contributed by atoms with van der Waals surface area (Å²) < 4.78 is 37.1. The minimum atomic E-state index is -4.35. The maximum absolute atomic E-state index is 12.4. The molecule has 0 atom stereocenters. The molecule has 0 bridgehead atoms. The summed E-state index contributed by atoms with van der Waals surface area (Å²) in [6.45, 7) is 1.05. The van der Waals surface area contributed by atoms with Crippen LogP contribution in [0.2, 0.25) is 0 Å². The minimum absolute atomic E-state index is 0.0537. The molecule has 2 rings (SSSR count). The quantitative estimate of drug-likeness (QED) is 0.829. The van der Waals surface area contributed by atoms with E-state index in [1.807, 2.05) is 0 Å². The van der Waals surface area contributed by atoms with Crippen LogP contribution in [0.5, 0.6) is 0 Å². The van der Waals surface area contributed by atoms with Crippen molar-refractivity contribution in [1.82, 2.24) is 5.06 Å². The number of hydrogen-bond acceptors (Lipinski definition) is 2. The lowest BCUT2D eigenvalue weighted by Gasteiger charge is -2.25. The van der Waals surface area contributed by atoms with Crippen LogP contribution in [-0.2, 0) is 22.2 Å². The van der Waals surface area contributed by atoms with Gasteiger partial charge in [-0.1, -0.05) is 12.1 Å². The van der Waals surface area contributed by atoms with Crippen molar-refractivity contribution >= 4 is 5.91 Å². The van der Waals surface area contributed by atoms with E-state index in [4.69, 9.17) is 4.84 Å². The van der Waals surface area contributed by atoms with Crippen LogP contribution in [0, 0.1) is 0 Å². The summed E-state index contributed by atoms with van der Waals surface area (Å²) in [6, 6.07) is 4.62. The van der Waals surface area contributed by atoms with Gasteiger partial charge in [0, 0.05) is 6.54 Å². The lowest BCUT2D eigenvalue weighted by atomic mass is 10.1. The Bertz CT molecular complexity index is 436. The molecule has 104 valence electrons. The van der Waals surface area contributed by atoms with Gasteiger partial charge in [-0.2, -0.15) is 13.2 Å². The van der Waals surface area contributed by atoms with Crippen LogP contribution in [0.1, 0.15) is 24.0 Å². The van der Waals surface area contributed by atoms with Gasteiger partial charge in [0.25, 0.3) is 5.91 Å². The number of alkyl halides is 3. The van der Waals surface area contributed by atoms with E-state index in [2.05, 4.69) is 0 Å². The van der Waals surface area contributed by atoms with Gasteiger partial charge in [0.15, 0.2) is 0 Å². The van der Waals surface area contributed by atoms with Crippen molar-refractivity contribution in [2.75, 3.05) is 13.2 Å². The van der Waals surface area contributed by atoms with E-state index in [9.17, 15) is 18.0 Å². The second-order valence-electron chi connectivity index (χ2n) is 4.41. The zero-order valence-corrected chi connectivity index (χ0v) is 10.2. The Labute approximate surface area is 108 Å². The summed E-state index contributed by atoms with van der Waals surface area (Å²) in [5.74, 6) is -0.223. The van der Waals surface area contributed by atoms with Crippen LogP contribution >= 0.6 is 0 Å². The summed E-state index contributed by atoms with van der Waals surface area (Å²) in [5, 5.41) is 1.29. The van der Waals surface area contributed by atoms with Crippen LogP contribution in [0.25, 0.3) is 0 Å². The first-order chi connectivity index (χ1) is 8.97. The first kappa shape index (κ1) is 13.9. The number of benzene rings is 1. The lowest BCUT2D eigenvalue weighted by Crippen LogP contribution is -2.36. The second kappa shape index (κ2) is 5.61. The molecule has 1 heterocycles. The number of hydroxylamine groups is 2. The fraction of sp³-hybridized carbons (Fsp3) is 0.462. The summed E-state index contributed by atoms with van der Waals surface area (Å²) >= 11 is 0. The van der Waals surface area contributed by atoms with Gasteiger partial charge in [-0.15, -0.1) is 0 Å². The Kier molecular flexibility index (Phi) is 4.09. The van der Waals surface area contributed by atoms with E-state index in [-0.39, 0.29) is 12.3 Å². The van der Waals surface area contributed by atoms with Crippen LogP contribution in [0.3, 0.4) is 0 Å². The van der Waals surface area contributed by atoms with E-state index in [0.717, 1.165) is 25.0 Å². The maximum atomic E-state index is 12.4. The number of amides is 1. The maximum Gasteiger partial charge on any atom is 0.416 e. The highest BCUT2D eigenvalue weighted by Crippen LogP contribution is 2.29.